The Labute approximate surface area is 101 Å². The Hall–Kier alpha value is -1.51. The summed E-state index contributed by atoms with van der Waals surface area (Å²) >= 11 is 0. The van der Waals surface area contributed by atoms with Gasteiger partial charge in [0.1, 0.15) is 11.9 Å². The van der Waals surface area contributed by atoms with E-state index in [0.717, 1.165) is 30.6 Å². The van der Waals surface area contributed by atoms with Crippen LogP contribution in [0.25, 0.3) is 0 Å². The summed E-state index contributed by atoms with van der Waals surface area (Å²) < 4.78 is 5.83. The molecule has 3 nitrogen and oxygen atoms in total. The molecule has 0 bridgehead atoms. The third kappa shape index (κ3) is 2.60. The molecule has 0 saturated heterocycles. The second kappa shape index (κ2) is 5.21. The SMILES string of the molecule is CCCCC1Oc2ccccc2CC1C(=O)O. The molecule has 1 heterocycles. The number of hydrogen-bond acceptors (Lipinski definition) is 2. The van der Waals surface area contributed by atoms with Gasteiger partial charge in [-0.1, -0.05) is 38.0 Å². The van der Waals surface area contributed by atoms with E-state index in [9.17, 15) is 9.90 Å². The average molecular weight is 234 g/mol. The van der Waals surface area contributed by atoms with Gasteiger partial charge in [0.15, 0.2) is 0 Å². The molecule has 0 radical (unpaired) electrons. The van der Waals surface area contributed by atoms with Crippen molar-refractivity contribution >= 4 is 5.97 Å². The van der Waals surface area contributed by atoms with Crippen LogP contribution in [0, 0.1) is 5.92 Å². The second-order valence-electron chi connectivity index (χ2n) is 4.56. The highest BCUT2D eigenvalue weighted by atomic mass is 16.5. The van der Waals surface area contributed by atoms with Crippen LogP contribution < -0.4 is 4.74 Å². The predicted octanol–water partition coefficient (Wildman–Crippen LogP) is 2.88. The number of carboxylic acids is 1. The molecule has 2 rings (SSSR count). The molecule has 2 unspecified atom stereocenters. The van der Waals surface area contributed by atoms with E-state index in [0.29, 0.717) is 6.42 Å². The van der Waals surface area contributed by atoms with E-state index in [1.54, 1.807) is 0 Å². The molecule has 3 heteroatoms. The maximum atomic E-state index is 11.3. The molecule has 1 N–H and O–H groups in total. The molecular formula is C14H18O3. The Balaban J connectivity index is 2.18. The van der Waals surface area contributed by atoms with E-state index in [1.165, 1.54) is 0 Å². The van der Waals surface area contributed by atoms with Gasteiger partial charge in [-0.05, 0) is 24.5 Å². The van der Waals surface area contributed by atoms with Crippen LogP contribution in [0.15, 0.2) is 24.3 Å². The first kappa shape index (κ1) is 12.0. The van der Waals surface area contributed by atoms with Crippen LogP contribution in [-0.2, 0) is 11.2 Å². The van der Waals surface area contributed by atoms with E-state index in [1.807, 2.05) is 24.3 Å². The van der Waals surface area contributed by atoms with Crippen LogP contribution in [0.4, 0.5) is 0 Å². The summed E-state index contributed by atoms with van der Waals surface area (Å²) in [5.74, 6) is -0.303. The van der Waals surface area contributed by atoms with Crippen LogP contribution >= 0.6 is 0 Å². The first-order chi connectivity index (χ1) is 8.22. The molecule has 0 fully saturated rings. The van der Waals surface area contributed by atoms with Gasteiger partial charge < -0.3 is 9.84 Å². The Bertz CT molecular complexity index is 400. The molecule has 1 aliphatic rings. The fraction of sp³-hybridized carbons (Fsp3) is 0.500. The van der Waals surface area contributed by atoms with Crippen LogP contribution in [0.1, 0.15) is 31.7 Å². The number of ether oxygens (including phenoxy) is 1. The smallest absolute Gasteiger partial charge is 0.310 e. The maximum Gasteiger partial charge on any atom is 0.310 e. The molecule has 0 aromatic heterocycles. The number of hydrogen-bond donors (Lipinski definition) is 1. The third-order valence-corrected chi connectivity index (χ3v) is 3.30. The minimum atomic E-state index is -0.749. The molecular weight excluding hydrogens is 216 g/mol. The molecule has 0 amide bonds. The standard InChI is InChI=1S/C14H18O3/c1-2-3-7-13-11(14(15)16)9-10-6-4-5-8-12(10)17-13/h4-6,8,11,13H,2-3,7,9H2,1H3,(H,15,16). The van der Waals surface area contributed by atoms with Crippen molar-refractivity contribution < 1.29 is 14.6 Å². The average Bonchev–Trinajstić information content (AvgIpc) is 2.35. The van der Waals surface area contributed by atoms with E-state index in [-0.39, 0.29) is 6.10 Å². The number of para-hydroxylation sites is 1. The fourth-order valence-electron chi connectivity index (χ4n) is 2.31. The third-order valence-electron chi connectivity index (χ3n) is 3.30. The van der Waals surface area contributed by atoms with Crippen molar-refractivity contribution in [2.45, 2.75) is 38.7 Å². The monoisotopic (exact) mass is 234 g/mol. The van der Waals surface area contributed by atoms with Gasteiger partial charge in [0.05, 0.1) is 5.92 Å². The summed E-state index contributed by atoms with van der Waals surface area (Å²) in [4.78, 5) is 11.3. The van der Waals surface area contributed by atoms with Crippen LogP contribution in [0.2, 0.25) is 0 Å². The van der Waals surface area contributed by atoms with Gasteiger partial charge in [-0.25, -0.2) is 0 Å². The van der Waals surface area contributed by atoms with Gasteiger partial charge in [0, 0.05) is 0 Å². The zero-order valence-electron chi connectivity index (χ0n) is 10.1. The highest BCUT2D eigenvalue weighted by Gasteiger charge is 2.34. The molecule has 92 valence electrons. The Morgan fingerprint density at radius 3 is 2.94 bits per heavy atom. The van der Waals surface area contributed by atoms with E-state index >= 15 is 0 Å². The Morgan fingerprint density at radius 1 is 1.47 bits per heavy atom. The lowest BCUT2D eigenvalue weighted by Gasteiger charge is -2.31. The van der Waals surface area contributed by atoms with Crippen molar-refractivity contribution in [3.8, 4) is 5.75 Å². The molecule has 1 aromatic rings. The van der Waals surface area contributed by atoms with Crippen LogP contribution in [-0.4, -0.2) is 17.2 Å². The normalized spacial score (nSPS) is 22.6. The van der Waals surface area contributed by atoms with Crippen molar-refractivity contribution in [1.29, 1.82) is 0 Å². The molecule has 17 heavy (non-hydrogen) atoms. The zero-order valence-corrected chi connectivity index (χ0v) is 10.1. The summed E-state index contributed by atoms with van der Waals surface area (Å²) in [6.07, 6.45) is 3.30. The molecule has 0 saturated carbocycles. The molecule has 1 aromatic carbocycles. The van der Waals surface area contributed by atoms with E-state index in [2.05, 4.69) is 6.92 Å². The minimum Gasteiger partial charge on any atom is -0.489 e. The Morgan fingerprint density at radius 2 is 2.24 bits per heavy atom. The highest BCUT2D eigenvalue weighted by molar-refractivity contribution is 5.72. The first-order valence-electron chi connectivity index (χ1n) is 6.19. The van der Waals surface area contributed by atoms with Crippen LogP contribution in [0.5, 0.6) is 5.75 Å². The molecule has 0 aliphatic carbocycles. The van der Waals surface area contributed by atoms with Gasteiger partial charge in [-0.15, -0.1) is 0 Å². The second-order valence-corrected chi connectivity index (χ2v) is 4.56. The number of rotatable bonds is 4. The van der Waals surface area contributed by atoms with E-state index in [4.69, 9.17) is 4.74 Å². The van der Waals surface area contributed by atoms with Gasteiger partial charge in [0.25, 0.3) is 0 Å². The van der Waals surface area contributed by atoms with E-state index < -0.39 is 11.9 Å². The molecule has 1 aliphatic heterocycles. The summed E-state index contributed by atoms with van der Waals surface area (Å²) in [7, 11) is 0. The van der Waals surface area contributed by atoms with Crippen LogP contribution in [0.3, 0.4) is 0 Å². The lowest BCUT2D eigenvalue weighted by Crippen LogP contribution is -2.38. The van der Waals surface area contributed by atoms with Gasteiger partial charge in [0.2, 0.25) is 0 Å². The number of fused-ring (bicyclic) bond motifs is 1. The maximum absolute atomic E-state index is 11.3. The number of carboxylic acid groups (broad SMARTS) is 1. The number of aliphatic carboxylic acids is 1. The predicted molar refractivity (Wildman–Crippen MR) is 65.2 cm³/mol. The highest BCUT2D eigenvalue weighted by Crippen LogP contribution is 2.32. The first-order valence-corrected chi connectivity index (χ1v) is 6.19. The quantitative estimate of drug-likeness (QED) is 0.871. The van der Waals surface area contributed by atoms with Crippen molar-refractivity contribution in [2.75, 3.05) is 0 Å². The molecule has 2 atom stereocenters. The van der Waals surface area contributed by atoms with Crippen molar-refractivity contribution in [2.24, 2.45) is 5.92 Å². The number of benzene rings is 1. The summed E-state index contributed by atoms with van der Waals surface area (Å²) in [5, 5.41) is 9.25. The van der Waals surface area contributed by atoms with Crippen molar-refractivity contribution in [3.63, 3.8) is 0 Å². The summed E-state index contributed by atoms with van der Waals surface area (Å²) in [6.45, 7) is 2.10. The van der Waals surface area contributed by atoms with Gasteiger partial charge in [-0.2, -0.15) is 0 Å². The lowest BCUT2D eigenvalue weighted by molar-refractivity contribution is -0.145. The van der Waals surface area contributed by atoms with Gasteiger partial charge >= 0.3 is 5.97 Å². The minimum absolute atomic E-state index is 0.178. The van der Waals surface area contributed by atoms with Gasteiger partial charge in [-0.3, -0.25) is 4.79 Å². The lowest BCUT2D eigenvalue weighted by atomic mass is 9.88. The summed E-state index contributed by atoms with van der Waals surface area (Å²) in [5.41, 5.74) is 1.01. The van der Waals surface area contributed by atoms with Crippen molar-refractivity contribution in [1.82, 2.24) is 0 Å². The van der Waals surface area contributed by atoms with Crippen molar-refractivity contribution in [3.05, 3.63) is 29.8 Å². The molecule has 0 spiro atoms. The fourth-order valence-corrected chi connectivity index (χ4v) is 2.31. The number of unbranched alkanes of at least 4 members (excludes halogenated alkanes) is 1. The largest absolute Gasteiger partial charge is 0.489 e. The number of carbonyl (C=O) groups is 1. The topological polar surface area (TPSA) is 46.5 Å². The summed E-state index contributed by atoms with van der Waals surface area (Å²) in [6, 6.07) is 7.72. The Kier molecular flexibility index (Phi) is 3.67. The zero-order chi connectivity index (χ0) is 12.3.